The van der Waals surface area contributed by atoms with Gasteiger partial charge in [0.1, 0.15) is 0 Å². The summed E-state index contributed by atoms with van der Waals surface area (Å²) in [6.45, 7) is 6.21. The number of hydrogen-bond donors (Lipinski definition) is 1. The number of aromatic nitrogens is 1. The van der Waals surface area contributed by atoms with Crippen LogP contribution in [0.4, 0.5) is 5.13 Å². The van der Waals surface area contributed by atoms with Crippen LogP contribution in [0, 0.1) is 0 Å². The predicted molar refractivity (Wildman–Crippen MR) is 72.5 cm³/mol. The number of halogens is 1. The Hall–Kier alpha value is -1.33. The van der Waals surface area contributed by atoms with Crippen molar-refractivity contribution in [3.63, 3.8) is 0 Å². The van der Waals surface area contributed by atoms with Gasteiger partial charge in [-0.2, -0.15) is 0 Å². The van der Waals surface area contributed by atoms with Gasteiger partial charge in [0.05, 0.1) is 5.69 Å². The number of carbonyl (C=O) groups excluding carboxylic acids is 1. The second kappa shape index (κ2) is 4.74. The largest absolute Gasteiger partial charge is 0.440 e. The third kappa shape index (κ3) is 2.91. The van der Waals surface area contributed by atoms with E-state index in [1.54, 1.807) is 0 Å². The van der Waals surface area contributed by atoms with E-state index in [9.17, 15) is 4.79 Å². The number of anilines is 1. The highest BCUT2D eigenvalue weighted by Crippen LogP contribution is 2.26. The lowest BCUT2D eigenvalue weighted by Gasteiger charge is -2.14. The third-order valence-corrected chi connectivity index (χ3v) is 3.25. The first-order valence-electron chi connectivity index (χ1n) is 5.39. The summed E-state index contributed by atoms with van der Waals surface area (Å²) in [5, 5.41) is 5.36. The van der Waals surface area contributed by atoms with Gasteiger partial charge in [-0.1, -0.05) is 20.8 Å². The van der Waals surface area contributed by atoms with Crippen molar-refractivity contribution in [2.75, 3.05) is 5.32 Å². The van der Waals surface area contributed by atoms with E-state index in [2.05, 4.69) is 31.1 Å². The van der Waals surface area contributed by atoms with E-state index in [1.807, 2.05) is 5.38 Å². The number of hydrogen-bond acceptors (Lipinski definition) is 4. The molecule has 2 rings (SSSR count). The lowest BCUT2D eigenvalue weighted by atomic mass is 9.93. The molecule has 18 heavy (non-hydrogen) atoms. The Balaban J connectivity index is 2.10. The number of carbonyl (C=O) groups is 1. The molecule has 96 valence electrons. The molecule has 0 aromatic carbocycles. The van der Waals surface area contributed by atoms with Gasteiger partial charge in [0.15, 0.2) is 16.1 Å². The van der Waals surface area contributed by atoms with Crippen molar-refractivity contribution in [3.8, 4) is 0 Å². The summed E-state index contributed by atoms with van der Waals surface area (Å²) < 4.78 is 5.02. The summed E-state index contributed by atoms with van der Waals surface area (Å²) in [4.78, 5) is 16.2. The fourth-order valence-corrected chi connectivity index (χ4v) is 2.35. The van der Waals surface area contributed by atoms with E-state index in [4.69, 9.17) is 16.0 Å². The van der Waals surface area contributed by atoms with Crippen LogP contribution in [-0.2, 0) is 5.41 Å². The molecule has 2 aromatic rings. The molecule has 0 saturated heterocycles. The number of nitrogens with zero attached hydrogens (tertiary/aromatic N) is 1. The highest BCUT2D eigenvalue weighted by molar-refractivity contribution is 7.14. The van der Waals surface area contributed by atoms with Gasteiger partial charge in [-0.05, 0) is 23.7 Å². The minimum absolute atomic E-state index is 0.0343. The molecule has 0 aliphatic heterocycles. The molecule has 0 saturated carbocycles. The van der Waals surface area contributed by atoms with Gasteiger partial charge in [-0.3, -0.25) is 10.1 Å². The molecule has 0 atom stereocenters. The van der Waals surface area contributed by atoms with Gasteiger partial charge in [0, 0.05) is 10.8 Å². The summed E-state index contributed by atoms with van der Waals surface area (Å²) in [7, 11) is 0. The van der Waals surface area contributed by atoms with Gasteiger partial charge in [-0.15, -0.1) is 11.3 Å². The Morgan fingerprint density at radius 1 is 1.44 bits per heavy atom. The van der Waals surface area contributed by atoms with Crippen LogP contribution < -0.4 is 5.32 Å². The summed E-state index contributed by atoms with van der Waals surface area (Å²) in [6, 6.07) is 3.05. The molecule has 1 N–H and O–H groups in total. The quantitative estimate of drug-likeness (QED) is 0.909. The van der Waals surface area contributed by atoms with Crippen LogP contribution in [0.2, 0.25) is 5.22 Å². The summed E-state index contributed by atoms with van der Waals surface area (Å²) >= 11 is 7.00. The van der Waals surface area contributed by atoms with Crippen molar-refractivity contribution < 1.29 is 9.21 Å². The van der Waals surface area contributed by atoms with E-state index in [0.29, 0.717) is 5.13 Å². The first kappa shape index (κ1) is 13.1. The lowest BCUT2D eigenvalue weighted by Crippen LogP contribution is -2.13. The van der Waals surface area contributed by atoms with Crippen LogP contribution in [0.15, 0.2) is 21.9 Å². The Labute approximate surface area is 114 Å². The van der Waals surface area contributed by atoms with E-state index in [0.717, 1.165) is 5.69 Å². The Bertz CT molecular complexity index is 569. The van der Waals surface area contributed by atoms with Crippen LogP contribution in [0.25, 0.3) is 0 Å². The fourth-order valence-electron chi connectivity index (χ4n) is 1.27. The molecule has 0 unspecified atom stereocenters. The van der Waals surface area contributed by atoms with Crippen LogP contribution in [0.3, 0.4) is 0 Å². The molecule has 0 aliphatic carbocycles. The van der Waals surface area contributed by atoms with Gasteiger partial charge in [0.2, 0.25) is 0 Å². The standard InChI is InChI=1S/C12H13ClN2O2S/c1-12(2,3)8-6-18-11(14-8)15-10(16)7-4-5-9(13)17-7/h4-6H,1-3H3,(H,14,15,16). The third-order valence-electron chi connectivity index (χ3n) is 2.29. The molecular weight excluding hydrogens is 272 g/mol. The van der Waals surface area contributed by atoms with Crippen molar-refractivity contribution in [2.45, 2.75) is 26.2 Å². The molecule has 1 amide bonds. The first-order chi connectivity index (χ1) is 8.36. The van der Waals surface area contributed by atoms with Gasteiger partial charge < -0.3 is 4.42 Å². The van der Waals surface area contributed by atoms with E-state index in [-0.39, 0.29) is 22.3 Å². The maximum Gasteiger partial charge on any atom is 0.293 e. The Morgan fingerprint density at radius 2 is 2.17 bits per heavy atom. The summed E-state index contributed by atoms with van der Waals surface area (Å²) in [5.41, 5.74) is 0.910. The molecule has 0 aliphatic rings. The Kier molecular flexibility index (Phi) is 3.45. The van der Waals surface area contributed by atoms with Crippen LogP contribution >= 0.6 is 22.9 Å². The molecule has 0 radical (unpaired) electrons. The molecule has 0 spiro atoms. The maximum atomic E-state index is 11.8. The number of rotatable bonds is 2. The van der Waals surface area contributed by atoms with Crippen LogP contribution in [0.5, 0.6) is 0 Å². The average molecular weight is 285 g/mol. The zero-order chi connectivity index (χ0) is 13.3. The second-order valence-corrected chi connectivity index (χ2v) is 6.08. The fraction of sp³-hybridized carbons (Fsp3) is 0.333. The number of thiazole rings is 1. The number of furan rings is 1. The zero-order valence-corrected chi connectivity index (χ0v) is 11.9. The van der Waals surface area contributed by atoms with Crippen molar-refractivity contribution in [3.05, 3.63) is 34.2 Å². The normalized spacial score (nSPS) is 11.6. The smallest absolute Gasteiger partial charge is 0.293 e. The van der Waals surface area contributed by atoms with Crippen molar-refractivity contribution >= 4 is 34.0 Å². The van der Waals surface area contributed by atoms with Crippen molar-refractivity contribution in [1.29, 1.82) is 0 Å². The van der Waals surface area contributed by atoms with Gasteiger partial charge in [-0.25, -0.2) is 4.98 Å². The summed E-state index contributed by atoms with van der Waals surface area (Å²) in [5.74, 6) is -0.177. The van der Waals surface area contributed by atoms with Crippen LogP contribution in [-0.4, -0.2) is 10.9 Å². The Morgan fingerprint density at radius 3 is 2.67 bits per heavy atom. The van der Waals surface area contributed by atoms with E-state index >= 15 is 0 Å². The molecule has 4 nitrogen and oxygen atoms in total. The maximum absolute atomic E-state index is 11.8. The highest BCUT2D eigenvalue weighted by Gasteiger charge is 2.19. The average Bonchev–Trinajstić information content (AvgIpc) is 2.85. The lowest BCUT2D eigenvalue weighted by molar-refractivity contribution is 0.0996. The number of amides is 1. The first-order valence-corrected chi connectivity index (χ1v) is 6.65. The van der Waals surface area contributed by atoms with E-state index in [1.165, 1.54) is 23.5 Å². The monoisotopic (exact) mass is 284 g/mol. The van der Waals surface area contributed by atoms with Crippen LogP contribution in [0.1, 0.15) is 37.0 Å². The minimum Gasteiger partial charge on any atom is -0.440 e. The highest BCUT2D eigenvalue weighted by atomic mass is 35.5. The zero-order valence-electron chi connectivity index (χ0n) is 10.3. The topological polar surface area (TPSA) is 55.1 Å². The molecule has 0 fully saturated rings. The van der Waals surface area contributed by atoms with Crippen molar-refractivity contribution in [1.82, 2.24) is 4.98 Å². The van der Waals surface area contributed by atoms with Crippen molar-refractivity contribution in [2.24, 2.45) is 0 Å². The minimum atomic E-state index is -0.350. The number of nitrogens with one attached hydrogen (secondary N) is 1. The second-order valence-electron chi connectivity index (χ2n) is 4.85. The van der Waals surface area contributed by atoms with Gasteiger partial charge >= 0.3 is 0 Å². The SMILES string of the molecule is CC(C)(C)c1csc(NC(=O)c2ccc(Cl)o2)n1. The van der Waals surface area contributed by atoms with E-state index < -0.39 is 0 Å². The van der Waals surface area contributed by atoms with Gasteiger partial charge in [0.25, 0.3) is 5.91 Å². The summed E-state index contributed by atoms with van der Waals surface area (Å²) in [6.07, 6.45) is 0. The molecular formula is C12H13ClN2O2S. The predicted octanol–water partition coefficient (Wildman–Crippen LogP) is 3.94. The molecule has 6 heteroatoms. The molecule has 2 aromatic heterocycles. The molecule has 2 heterocycles. The molecule has 0 bridgehead atoms.